The molecule has 0 spiro atoms. The van der Waals surface area contributed by atoms with Gasteiger partial charge in [0.15, 0.2) is 0 Å². The van der Waals surface area contributed by atoms with Crippen molar-refractivity contribution in [3.05, 3.63) is 133 Å². The zero-order chi connectivity index (χ0) is 29.4. The van der Waals surface area contributed by atoms with Crippen molar-refractivity contribution >= 4 is 32.8 Å². The Balaban J connectivity index is 1.48. The third-order valence-electron chi connectivity index (χ3n) is 8.97. The minimum absolute atomic E-state index is 0.223. The van der Waals surface area contributed by atoms with Crippen LogP contribution < -0.4 is 0 Å². The molecular weight excluding hydrogens is 540 g/mol. The van der Waals surface area contributed by atoms with Crippen molar-refractivity contribution in [2.24, 2.45) is 0 Å². The van der Waals surface area contributed by atoms with Gasteiger partial charge in [0.25, 0.3) is 0 Å². The summed E-state index contributed by atoms with van der Waals surface area (Å²) in [6, 6.07) is 33.7. The highest BCUT2D eigenvalue weighted by Gasteiger charge is 2.38. The van der Waals surface area contributed by atoms with Gasteiger partial charge in [0.1, 0.15) is 5.52 Å². The molecule has 0 unspecified atom stereocenters. The fourth-order valence-electron chi connectivity index (χ4n) is 7.07. The summed E-state index contributed by atoms with van der Waals surface area (Å²) >= 11 is 0. The maximum Gasteiger partial charge on any atom is 0.113 e. The molecular formula is C38H26N6. The first kappa shape index (κ1) is 24.8. The number of benzene rings is 3. The molecule has 1 aliphatic rings. The summed E-state index contributed by atoms with van der Waals surface area (Å²) in [4.78, 5) is 24.0. The molecule has 6 nitrogen and oxygen atoms in total. The first-order valence-electron chi connectivity index (χ1n) is 14.8. The third-order valence-corrected chi connectivity index (χ3v) is 8.97. The van der Waals surface area contributed by atoms with E-state index in [2.05, 4.69) is 89.0 Å². The number of pyridine rings is 3. The number of hydrogen-bond donors (Lipinski definition) is 0. The summed E-state index contributed by atoms with van der Waals surface area (Å²) in [5.41, 5.74) is 13.0. The van der Waals surface area contributed by atoms with Crippen molar-refractivity contribution in [3.63, 3.8) is 0 Å². The predicted octanol–water partition coefficient (Wildman–Crippen LogP) is 8.55. The molecule has 0 atom stereocenters. The second kappa shape index (κ2) is 9.12. The summed E-state index contributed by atoms with van der Waals surface area (Å²) in [7, 11) is 0. The minimum atomic E-state index is -0.223. The fraction of sp³-hybridized carbons (Fsp3) is 0.0789. The molecule has 5 aromatic heterocycles. The van der Waals surface area contributed by atoms with Gasteiger partial charge in [-0.25, -0.2) is 4.98 Å². The van der Waals surface area contributed by atoms with E-state index in [0.29, 0.717) is 0 Å². The van der Waals surface area contributed by atoms with Gasteiger partial charge in [-0.05, 0) is 70.8 Å². The summed E-state index contributed by atoms with van der Waals surface area (Å²) in [6.07, 6.45) is 7.14. The normalized spacial score (nSPS) is 13.4. The largest absolute Gasteiger partial charge is 0.307 e. The van der Waals surface area contributed by atoms with E-state index in [-0.39, 0.29) is 5.41 Å². The summed E-state index contributed by atoms with van der Waals surface area (Å²) < 4.78 is 2.38. The second-order valence-electron chi connectivity index (χ2n) is 11.8. The highest BCUT2D eigenvalue weighted by atomic mass is 15.0. The van der Waals surface area contributed by atoms with Crippen molar-refractivity contribution in [3.8, 4) is 39.6 Å². The molecule has 8 aromatic rings. The average molecular weight is 567 g/mol. The molecule has 0 radical (unpaired) electrons. The van der Waals surface area contributed by atoms with Crippen LogP contribution in [0, 0.1) is 0 Å². The standard InChI is InChI=1S/C38H26N6/c1-38(2)28-10-4-3-9-24(28)25-13-14-26-27-15-16-31-35(42-20-19-41-31)37(27)44(36(26)34(25)38)23-21-32(29-11-5-7-17-39-29)43-33(22-23)30-12-6-8-18-40-30/h3-22H,1-2H3. The van der Waals surface area contributed by atoms with Crippen LogP contribution in [0.5, 0.6) is 0 Å². The predicted molar refractivity (Wildman–Crippen MR) is 176 cm³/mol. The molecule has 0 saturated heterocycles. The third kappa shape index (κ3) is 3.45. The van der Waals surface area contributed by atoms with Crippen molar-refractivity contribution in [2.75, 3.05) is 0 Å². The Morgan fingerprint density at radius 2 is 1.20 bits per heavy atom. The Hall–Kier alpha value is -5.75. The lowest BCUT2D eigenvalue weighted by Crippen LogP contribution is -2.16. The topological polar surface area (TPSA) is 69.4 Å². The Bertz CT molecular complexity index is 2350. The van der Waals surface area contributed by atoms with Crippen molar-refractivity contribution < 1.29 is 0 Å². The SMILES string of the molecule is CC1(C)c2ccccc2-c2ccc3c4ccc5nccnc5c4n(-c4cc(-c5ccccn5)nc(-c5ccccn5)c4)c3c21. The number of rotatable bonds is 3. The van der Waals surface area contributed by atoms with Crippen LogP contribution in [0.3, 0.4) is 0 Å². The molecule has 6 heteroatoms. The number of aromatic nitrogens is 6. The summed E-state index contributed by atoms with van der Waals surface area (Å²) in [5.74, 6) is 0. The summed E-state index contributed by atoms with van der Waals surface area (Å²) in [6.45, 7) is 4.67. The first-order valence-corrected chi connectivity index (χ1v) is 14.8. The molecule has 5 heterocycles. The van der Waals surface area contributed by atoms with Crippen molar-refractivity contribution in [1.82, 2.24) is 29.5 Å². The van der Waals surface area contributed by atoms with Crippen LogP contribution >= 0.6 is 0 Å². The molecule has 0 saturated carbocycles. The van der Waals surface area contributed by atoms with E-state index in [1.54, 1.807) is 24.8 Å². The quantitative estimate of drug-likeness (QED) is 0.214. The Kier molecular flexibility index (Phi) is 5.14. The van der Waals surface area contributed by atoms with Gasteiger partial charge in [-0.15, -0.1) is 0 Å². The van der Waals surface area contributed by atoms with E-state index in [0.717, 1.165) is 50.4 Å². The van der Waals surface area contributed by atoms with Gasteiger partial charge < -0.3 is 4.57 Å². The molecule has 1 aliphatic carbocycles. The van der Waals surface area contributed by atoms with Crippen LogP contribution in [0.4, 0.5) is 0 Å². The van der Waals surface area contributed by atoms with Crippen LogP contribution in [-0.2, 0) is 5.41 Å². The monoisotopic (exact) mass is 566 g/mol. The molecule has 3 aromatic carbocycles. The van der Waals surface area contributed by atoms with Crippen LogP contribution in [0.1, 0.15) is 25.0 Å². The van der Waals surface area contributed by atoms with E-state index in [9.17, 15) is 0 Å². The lowest BCUT2D eigenvalue weighted by molar-refractivity contribution is 0.664. The maximum absolute atomic E-state index is 5.07. The average Bonchev–Trinajstić information content (AvgIpc) is 3.54. The second-order valence-corrected chi connectivity index (χ2v) is 11.8. The van der Waals surface area contributed by atoms with E-state index in [1.165, 1.54) is 33.2 Å². The van der Waals surface area contributed by atoms with E-state index >= 15 is 0 Å². The molecule has 9 rings (SSSR count). The molecule has 44 heavy (non-hydrogen) atoms. The van der Waals surface area contributed by atoms with Gasteiger partial charge in [-0.3, -0.25) is 19.9 Å². The fourth-order valence-corrected chi connectivity index (χ4v) is 7.07. The van der Waals surface area contributed by atoms with Crippen molar-refractivity contribution in [2.45, 2.75) is 19.3 Å². The summed E-state index contributed by atoms with van der Waals surface area (Å²) in [5, 5.41) is 2.32. The van der Waals surface area contributed by atoms with Crippen LogP contribution in [0.25, 0.3) is 72.4 Å². The Morgan fingerprint density at radius 1 is 0.545 bits per heavy atom. The Morgan fingerprint density at radius 3 is 1.93 bits per heavy atom. The van der Waals surface area contributed by atoms with Gasteiger partial charge in [0.05, 0.1) is 45.0 Å². The van der Waals surface area contributed by atoms with Gasteiger partial charge >= 0.3 is 0 Å². The number of nitrogens with zero attached hydrogens (tertiary/aromatic N) is 6. The van der Waals surface area contributed by atoms with Crippen LogP contribution in [-0.4, -0.2) is 29.5 Å². The lowest BCUT2D eigenvalue weighted by atomic mass is 9.81. The Labute approximate surface area is 253 Å². The van der Waals surface area contributed by atoms with Crippen molar-refractivity contribution in [1.29, 1.82) is 0 Å². The van der Waals surface area contributed by atoms with E-state index in [1.807, 2.05) is 36.4 Å². The molecule has 0 N–H and O–H groups in total. The highest BCUT2D eigenvalue weighted by molar-refractivity contribution is 6.19. The molecule has 0 bridgehead atoms. The van der Waals surface area contributed by atoms with Gasteiger partial charge in [-0.2, -0.15) is 0 Å². The molecule has 0 aliphatic heterocycles. The van der Waals surface area contributed by atoms with Gasteiger partial charge in [-0.1, -0.05) is 62.4 Å². The number of fused-ring (bicyclic) bond motifs is 9. The zero-order valence-electron chi connectivity index (χ0n) is 24.2. The van der Waals surface area contributed by atoms with Gasteiger partial charge in [0, 0.05) is 41.0 Å². The first-order chi connectivity index (χ1) is 21.6. The molecule has 208 valence electrons. The van der Waals surface area contributed by atoms with Crippen LogP contribution in [0.2, 0.25) is 0 Å². The lowest BCUT2D eigenvalue weighted by Gasteiger charge is -2.24. The molecule has 0 amide bonds. The number of hydrogen-bond acceptors (Lipinski definition) is 5. The zero-order valence-corrected chi connectivity index (χ0v) is 24.2. The van der Waals surface area contributed by atoms with Crippen LogP contribution in [0.15, 0.2) is 122 Å². The molecule has 0 fully saturated rings. The maximum atomic E-state index is 5.07. The van der Waals surface area contributed by atoms with E-state index < -0.39 is 0 Å². The van der Waals surface area contributed by atoms with Gasteiger partial charge in [0.2, 0.25) is 0 Å². The smallest absolute Gasteiger partial charge is 0.113 e. The highest BCUT2D eigenvalue weighted by Crippen LogP contribution is 2.53. The van der Waals surface area contributed by atoms with E-state index in [4.69, 9.17) is 15.0 Å². The minimum Gasteiger partial charge on any atom is -0.307 e.